The van der Waals surface area contributed by atoms with E-state index in [0.29, 0.717) is 12.2 Å². The fourth-order valence-electron chi connectivity index (χ4n) is 3.95. The Morgan fingerprint density at radius 1 is 1.17 bits per heavy atom. The molecule has 1 aliphatic heterocycles. The van der Waals surface area contributed by atoms with E-state index in [2.05, 4.69) is 15.2 Å². The number of rotatable bonds is 9. The quantitative estimate of drug-likeness (QED) is 0.178. The van der Waals surface area contributed by atoms with E-state index in [4.69, 9.17) is 25.7 Å². The molecule has 6 atom stereocenters. The summed E-state index contributed by atoms with van der Waals surface area (Å²) in [7, 11) is 0. The molecule has 35 heavy (non-hydrogen) atoms. The van der Waals surface area contributed by atoms with Crippen molar-refractivity contribution in [2.45, 2.75) is 77.0 Å². The summed E-state index contributed by atoms with van der Waals surface area (Å²) in [6.07, 6.45) is -7.06. The number of nitrogens with two attached hydrogens (primary N) is 2. The summed E-state index contributed by atoms with van der Waals surface area (Å²) in [6.45, 7) is 7.13. The molecule has 0 spiro atoms. The maximum atomic E-state index is 10.4. The first-order valence-electron chi connectivity index (χ1n) is 11.4. The van der Waals surface area contributed by atoms with Crippen LogP contribution in [0.5, 0.6) is 11.6 Å². The second-order valence-electron chi connectivity index (χ2n) is 8.93. The molecule has 9 N–H and O–H groups in total. The van der Waals surface area contributed by atoms with Crippen LogP contribution in [0.2, 0.25) is 0 Å². The van der Waals surface area contributed by atoms with Gasteiger partial charge in [0.15, 0.2) is 12.2 Å². The predicted molar refractivity (Wildman–Crippen MR) is 127 cm³/mol. The molecule has 1 aromatic heterocycles. The van der Waals surface area contributed by atoms with E-state index in [1.165, 1.54) is 0 Å². The van der Waals surface area contributed by atoms with E-state index in [9.17, 15) is 20.4 Å². The molecule has 1 aliphatic rings. The van der Waals surface area contributed by atoms with Crippen LogP contribution in [0.1, 0.15) is 49.1 Å². The Balaban J connectivity index is 1.84. The van der Waals surface area contributed by atoms with Gasteiger partial charge in [-0.3, -0.25) is 5.10 Å². The lowest BCUT2D eigenvalue weighted by atomic mass is 9.96. The molecule has 1 saturated heterocycles. The summed E-state index contributed by atoms with van der Waals surface area (Å²) < 4.78 is 17.1. The van der Waals surface area contributed by atoms with Crippen LogP contribution >= 0.6 is 0 Å². The molecule has 12 heteroatoms. The molecule has 0 radical (unpaired) electrons. The number of aliphatic hydroxyl groups excluding tert-OH is 4. The molecule has 1 aromatic carbocycles. The van der Waals surface area contributed by atoms with Crippen molar-refractivity contribution in [3.8, 4) is 11.6 Å². The van der Waals surface area contributed by atoms with Gasteiger partial charge in [-0.15, -0.1) is 5.10 Å². The Labute approximate surface area is 203 Å². The minimum absolute atomic E-state index is 0.0565. The first kappa shape index (κ1) is 26.7. The zero-order chi connectivity index (χ0) is 25.9. The third-order valence-electron chi connectivity index (χ3n) is 5.83. The molecule has 0 bridgehead atoms. The molecule has 12 nitrogen and oxygen atoms in total. The van der Waals surface area contributed by atoms with Crippen molar-refractivity contribution in [1.29, 1.82) is 0 Å². The summed E-state index contributed by atoms with van der Waals surface area (Å²) >= 11 is 0. The normalized spacial score (nSPS) is 25.3. The number of H-pyrrole nitrogens is 1. The molecule has 0 saturated carbocycles. The molecule has 0 aliphatic carbocycles. The zero-order valence-corrected chi connectivity index (χ0v) is 20.3. The standard InChI is InChI=1S/C23H35N5O7/c1-10(2)17-15(8-13-5-6-14(7-11(13)3)33-12(4)26-23(24)25)21(28-27-17)35-22-20(32)19(31)18(30)16(9-29)34-22/h5-7,10,12,16,18-20,22,29-32H,8-9H2,1-4H3,(H,27,28)(H4,24,25,26)/t12?,16-,18-,19+,20-,22+/m1/s1. The third-order valence-corrected chi connectivity index (χ3v) is 5.83. The lowest BCUT2D eigenvalue weighted by molar-refractivity contribution is -0.278. The Morgan fingerprint density at radius 2 is 1.89 bits per heavy atom. The molecule has 194 valence electrons. The Kier molecular flexibility index (Phi) is 8.56. The van der Waals surface area contributed by atoms with Gasteiger partial charge in [-0.1, -0.05) is 19.9 Å². The van der Waals surface area contributed by atoms with Crippen LogP contribution in [0.3, 0.4) is 0 Å². The number of aromatic amines is 1. The molecule has 1 unspecified atom stereocenters. The molecule has 0 amide bonds. The van der Waals surface area contributed by atoms with E-state index in [1.807, 2.05) is 39.0 Å². The molecule has 1 fully saturated rings. The highest BCUT2D eigenvalue weighted by Gasteiger charge is 2.45. The van der Waals surface area contributed by atoms with Gasteiger partial charge in [0, 0.05) is 17.7 Å². The first-order chi connectivity index (χ1) is 16.5. The Hall–Kier alpha value is -2.90. The largest absolute Gasteiger partial charge is 0.469 e. The maximum Gasteiger partial charge on any atom is 0.238 e. The number of benzene rings is 1. The topological polar surface area (TPSA) is 202 Å². The average molecular weight is 494 g/mol. The number of aryl methyl sites for hydroxylation is 1. The number of nitrogens with zero attached hydrogens (tertiary/aromatic N) is 2. The van der Waals surface area contributed by atoms with E-state index in [-0.39, 0.29) is 17.8 Å². The number of aliphatic hydroxyl groups is 4. The van der Waals surface area contributed by atoms with Crippen molar-refractivity contribution >= 4 is 5.96 Å². The summed E-state index contributed by atoms with van der Waals surface area (Å²) in [5, 5.41) is 47.1. The fourth-order valence-corrected chi connectivity index (χ4v) is 3.95. The molecular formula is C23H35N5O7. The van der Waals surface area contributed by atoms with Gasteiger partial charge in [0.1, 0.15) is 30.2 Å². The number of hydrogen-bond acceptors (Lipinski definition) is 9. The van der Waals surface area contributed by atoms with E-state index < -0.39 is 43.5 Å². The number of guanidine groups is 1. The minimum atomic E-state index is -1.55. The van der Waals surface area contributed by atoms with Crippen LogP contribution in [-0.2, 0) is 11.2 Å². The Morgan fingerprint density at radius 3 is 2.49 bits per heavy atom. The smallest absolute Gasteiger partial charge is 0.238 e. The molecule has 2 heterocycles. The van der Waals surface area contributed by atoms with Gasteiger partial charge < -0.3 is 46.1 Å². The number of aromatic nitrogens is 2. The van der Waals surface area contributed by atoms with Gasteiger partial charge in [-0.2, -0.15) is 0 Å². The average Bonchev–Trinajstić information content (AvgIpc) is 3.17. The monoisotopic (exact) mass is 493 g/mol. The number of aliphatic imine (C=N–C) groups is 1. The number of nitrogens with one attached hydrogen (secondary N) is 1. The highest BCUT2D eigenvalue weighted by molar-refractivity contribution is 5.75. The minimum Gasteiger partial charge on any atom is -0.469 e. The van der Waals surface area contributed by atoms with Crippen molar-refractivity contribution in [1.82, 2.24) is 10.2 Å². The highest BCUT2D eigenvalue weighted by Crippen LogP contribution is 2.32. The van der Waals surface area contributed by atoms with E-state index in [1.54, 1.807) is 6.92 Å². The van der Waals surface area contributed by atoms with Gasteiger partial charge in [0.05, 0.1) is 6.61 Å². The van der Waals surface area contributed by atoms with Gasteiger partial charge in [0.25, 0.3) is 0 Å². The van der Waals surface area contributed by atoms with Crippen molar-refractivity contribution < 1.29 is 34.6 Å². The van der Waals surface area contributed by atoms with Crippen LogP contribution in [0, 0.1) is 6.92 Å². The van der Waals surface area contributed by atoms with Gasteiger partial charge in [-0.05, 0) is 43.0 Å². The number of hydrogen-bond donors (Lipinski definition) is 7. The molecule has 2 aromatic rings. The highest BCUT2D eigenvalue weighted by atomic mass is 16.7. The number of ether oxygens (including phenoxy) is 3. The van der Waals surface area contributed by atoms with Crippen LogP contribution in [-0.4, -0.2) is 80.1 Å². The lowest BCUT2D eigenvalue weighted by Gasteiger charge is -2.39. The summed E-state index contributed by atoms with van der Waals surface area (Å²) in [5.41, 5.74) is 14.3. The Bertz CT molecular complexity index is 1020. The van der Waals surface area contributed by atoms with Crippen LogP contribution in [0.25, 0.3) is 0 Å². The van der Waals surface area contributed by atoms with Crippen LogP contribution in [0.15, 0.2) is 23.2 Å². The second-order valence-corrected chi connectivity index (χ2v) is 8.93. The third kappa shape index (κ3) is 6.21. The second kappa shape index (κ2) is 11.2. The van der Waals surface area contributed by atoms with Crippen molar-refractivity contribution in [2.75, 3.05) is 6.61 Å². The van der Waals surface area contributed by atoms with Gasteiger partial charge >= 0.3 is 0 Å². The first-order valence-corrected chi connectivity index (χ1v) is 11.4. The van der Waals surface area contributed by atoms with Crippen LogP contribution < -0.4 is 20.9 Å². The molecule has 3 rings (SSSR count). The van der Waals surface area contributed by atoms with Crippen molar-refractivity contribution in [3.63, 3.8) is 0 Å². The zero-order valence-electron chi connectivity index (χ0n) is 20.3. The van der Waals surface area contributed by atoms with E-state index >= 15 is 0 Å². The van der Waals surface area contributed by atoms with Gasteiger partial charge in [-0.25, -0.2) is 4.99 Å². The summed E-state index contributed by atoms with van der Waals surface area (Å²) in [6, 6.07) is 5.61. The summed E-state index contributed by atoms with van der Waals surface area (Å²) in [5.74, 6) is 0.837. The lowest BCUT2D eigenvalue weighted by Crippen LogP contribution is -2.60. The maximum absolute atomic E-state index is 10.4. The predicted octanol–water partition coefficient (Wildman–Crippen LogP) is -0.391. The SMILES string of the molecule is Cc1cc(OC(C)N=C(N)N)ccc1Cc1c(O[C@@H]2O[C@H](CO)[C@@H](O)[C@H](O)[C@H]2O)n[nH]c1C(C)C. The van der Waals surface area contributed by atoms with E-state index in [0.717, 1.165) is 22.4 Å². The van der Waals surface area contributed by atoms with Crippen LogP contribution in [0.4, 0.5) is 0 Å². The van der Waals surface area contributed by atoms with Crippen molar-refractivity contribution in [2.24, 2.45) is 16.5 Å². The summed E-state index contributed by atoms with van der Waals surface area (Å²) in [4.78, 5) is 3.95. The molecular weight excluding hydrogens is 458 g/mol. The fraction of sp³-hybridized carbons (Fsp3) is 0.565. The van der Waals surface area contributed by atoms with Crippen molar-refractivity contribution in [3.05, 3.63) is 40.6 Å². The van der Waals surface area contributed by atoms with Gasteiger partial charge in [0.2, 0.25) is 12.2 Å².